The number of rotatable bonds is 5. The van der Waals surface area contributed by atoms with E-state index in [4.69, 9.17) is 9.84 Å². The number of benzene rings is 2. The fourth-order valence-electron chi connectivity index (χ4n) is 4.92. The SMILES string of the molecule is O=C(O)c1cc(-c2ccc(N3CCOCC3)cc2)c2c(C3CCC3)nn(-c3ccc(F)c(F)c3)c2n1. The Bertz CT molecular complexity index is 1460. The van der Waals surface area contributed by atoms with Crippen LogP contribution in [0.15, 0.2) is 48.5 Å². The lowest BCUT2D eigenvalue weighted by atomic mass is 9.81. The maximum absolute atomic E-state index is 14.1. The summed E-state index contributed by atoms with van der Waals surface area (Å²) >= 11 is 0. The Morgan fingerprint density at radius 2 is 1.69 bits per heavy atom. The van der Waals surface area contributed by atoms with Crippen molar-refractivity contribution in [3.8, 4) is 16.8 Å². The maximum Gasteiger partial charge on any atom is 0.354 e. The molecule has 0 radical (unpaired) electrons. The van der Waals surface area contributed by atoms with Crippen LogP contribution in [0.25, 0.3) is 27.8 Å². The monoisotopic (exact) mass is 490 g/mol. The van der Waals surface area contributed by atoms with E-state index in [1.807, 2.05) is 24.3 Å². The van der Waals surface area contributed by atoms with E-state index >= 15 is 0 Å². The Morgan fingerprint density at radius 1 is 0.972 bits per heavy atom. The standard InChI is InChI=1S/C27H24F2N4O3/c28-21-9-8-19(14-22(21)29)33-26-24(25(31-33)17-2-1-3-17)20(15-23(30-26)27(34)35)16-4-6-18(7-5-16)32-10-12-36-13-11-32/h4-9,14-15,17H,1-3,10-13H2,(H,34,35). The Balaban J connectivity index is 1.55. The molecule has 0 spiro atoms. The molecule has 184 valence electrons. The molecule has 0 atom stereocenters. The van der Waals surface area contributed by atoms with Crippen LogP contribution in [-0.4, -0.2) is 52.1 Å². The van der Waals surface area contributed by atoms with E-state index in [1.54, 1.807) is 6.07 Å². The van der Waals surface area contributed by atoms with Crippen LogP contribution in [-0.2, 0) is 4.74 Å². The van der Waals surface area contributed by atoms with Gasteiger partial charge in [0.05, 0.1) is 30.0 Å². The van der Waals surface area contributed by atoms with Crippen LogP contribution in [0.1, 0.15) is 41.4 Å². The molecule has 3 heterocycles. The largest absolute Gasteiger partial charge is 0.477 e. The molecule has 6 rings (SSSR count). The average Bonchev–Trinajstić information content (AvgIpc) is 3.24. The smallest absolute Gasteiger partial charge is 0.354 e. The highest BCUT2D eigenvalue weighted by atomic mass is 19.2. The molecule has 1 N–H and O–H groups in total. The van der Waals surface area contributed by atoms with E-state index in [9.17, 15) is 18.7 Å². The van der Waals surface area contributed by atoms with Gasteiger partial charge in [0.25, 0.3) is 0 Å². The summed E-state index contributed by atoms with van der Waals surface area (Å²) < 4.78 is 34.6. The predicted octanol–water partition coefficient (Wildman–Crippen LogP) is 5.17. The number of pyridine rings is 1. The van der Waals surface area contributed by atoms with Gasteiger partial charge < -0.3 is 14.7 Å². The van der Waals surface area contributed by atoms with Crippen molar-refractivity contribution >= 4 is 22.7 Å². The first kappa shape index (κ1) is 22.6. The number of anilines is 1. The topological polar surface area (TPSA) is 80.5 Å². The molecule has 0 amide bonds. The molecular weight excluding hydrogens is 466 g/mol. The van der Waals surface area contributed by atoms with Gasteiger partial charge in [-0.3, -0.25) is 0 Å². The molecule has 9 heteroatoms. The highest BCUT2D eigenvalue weighted by molar-refractivity contribution is 6.00. The average molecular weight is 491 g/mol. The van der Waals surface area contributed by atoms with Crippen molar-refractivity contribution in [2.45, 2.75) is 25.2 Å². The highest BCUT2D eigenvalue weighted by Gasteiger charge is 2.29. The molecule has 2 aromatic carbocycles. The van der Waals surface area contributed by atoms with Crippen LogP contribution in [0, 0.1) is 11.6 Å². The van der Waals surface area contributed by atoms with Crippen molar-refractivity contribution in [3.05, 3.63) is 71.6 Å². The molecule has 0 unspecified atom stereocenters. The number of hydrogen-bond donors (Lipinski definition) is 1. The summed E-state index contributed by atoms with van der Waals surface area (Å²) in [6, 6.07) is 13.1. The number of aromatic carboxylic acids is 1. The van der Waals surface area contributed by atoms with Crippen molar-refractivity contribution in [2.75, 3.05) is 31.2 Å². The van der Waals surface area contributed by atoms with Crippen molar-refractivity contribution in [3.63, 3.8) is 0 Å². The van der Waals surface area contributed by atoms with Gasteiger partial charge in [-0.15, -0.1) is 0 Å². The molecular formula is C27H24F2N4O3. The number of nitrogens with zero attached hydrogens (tertiary/aromatic N) is 4. The predicted molar refractivity (Wildman–Crippen MR) is 131 cm³/mol. The number of morpholine rings is 1. The minimum absolute atomic E-state index is 0.140. The lowest BCUT2D eigenvalue weighted by Crippen LogP contribution is -2.36. The van der Waals surface area contributed by atoms with E-state index < -0.39 is 17.6 Å². The third kappa shape index (κ3) is 3.89. The van der Waals surface area contributed by atoms with E-state index in [0.717, 1.165) is 66.8 Å². The van der Waals surface area contributed by atoms with Crippen LogP contribution in [0.2, 0.25) is 0 Å². The van der Waals surface area contributed by atoms with E-state index in [1.165, 1.54) is 10.7 Å². The zero-order valence-corrected chi connectivity index (χ0v) is 19.5. The zero-order chi connectivity index (χ0) is 24.8. The van der Waals surface area contributed by atoms with Gasteiger partial charge in [-0.05, 0) is 54.3 Å². The van der Waals surface area contributed by atoms with E-state index in [0.29, 0.717) is 24.4 Å². The van der Waals surface area contributed by atoms with E-state index in [2.05, 4.69) is 9.88 Å². The third-order valence-electron chi connectivity index (χ3n) is 7.08. The first-order chi connectivity index (χ1) is 17.5. The van der Waals surface area contributed by atoms with Gasteiger partial charge in [0.2, 0.25) is 0 Å². The molecule has 1 aliphatic heterocycles. The number of fused-ring (bicyclic) bond motifs is 1. The summed E-state index contributed by atoms with van der Waals surface area (Å²) in [5, 5.41) is 15.3. The minimum atomic E-state index is -1.17. The van der Waals surface area contributed by atoms with Crippen molar-refractivity contribution < 1.29 is 23.4 Å². The molecule has 1 aliphatic carbocycles. The Hall–Kier alpha value is -3.85. The van der Waals surface area contributed by atoms with Gasteiger partial charge in [0.15, 0.2) is 23.0 Å². The normalized spacial score (nSPS) is 16.3. The Kier molecular flexibility index (Phi) is 5.64. The second-order valence-electron chi connectivity index (χ2n) is 9.23. The third-order valence-corrected chi connectivity index (χ3v) is 7.08. The van der Waals surface area contributed by atoms with Crippen LogP contribution in [0.3, 0.4) is 0 Å². The maximum atomic E-state index is 14.1. The fraction of sp³-hybridized carbons (Fsp3) is 0.296. The molecule has 4 aromatic rings. The van der Waals surface area contributed by atoms with Crippen molar-refractivity contribution in [2.24, 2.45) is 0 Å². The first-order valence-corrected chi connectivity index (χ1v) is 12.0. The zero-order valence-electron chi connectivity index (χ0n) is 19.5. The van der Waals surface area contributed by atoms with Crippen molar-refractivity contribution in [1.82, 2.24) is 14.8 Å². The molecule has 1 saturated heterocycles. The Morgan fingerprint density at radius 3 is 2.33 bits per heavy atom. The summed E-state index contributed by atoms with van der Waals surface area (Å²) in [7, 11) is 0. The molecule has 0 bridgehead atoms. The molecule has 1 saturated carbocycles. The second kappa shape index (κ2) is 8.98. The van der Waals surface area contributed by atoms with Crippen LogP contribution in [0.5, 0.6) is 0 Å². The van der Waals surface area contributed by atoms with Gasteiger partial charge >= 0.3 is 5.97 Å². The molecule has 2 aromatic heterocycles. The summed E-state index contributed by atoms with van der Waals surface area (Å²) in [5.74, 6) is -2.95. The number of carboxylic acid groups (broad SMARTS) is 1. The lowest BCUT2D eigenvalue weighted by molar-refractivity contribution is 0.0691. The van der Waals surface area contributed by atoms with E-state index in [-0.39, 0.29) is 17.3 Å². The lowest BCUT2D eigenvalue weighted by Gasteiger charge is -2.29. The number of carboxylic acids is 1. The summed E-state index contributed by atoms with van der Waals surface area (Å²) in [4.78, 5) is 18.7. The number of halogens is 2. The molecule has 36 heavy (non-hydrogen) atoms. The van der Waals surface area contributed by atoms with Gasteiger partial charge in [-0.2, -0.15) is 5.10 Å². The second-order valence-corrected chi connectivity index (χ2v) is 9.23. The fourth-order valence-corrected chi connectivity index (χ4v) is 4.92. The summed E-state index contributed by atoms with van der Waals surface area (Å²) in [6.45, 7) is 2.99. The van der Waals surface area contributed by atoms with Gasteiger partial charge in [0, 0.05) is 30.8 Å². The molecule has 7 nitrogen and oxygen atoms in total. The number of ether oxygens (including phenoxy) is 1. The first-order valence-electron chi connectivity index (χ1n) is 12.0. The Labute approximate surface area is 205 Å². The molecule has 2 fully saturated rings. The van der Waals surface area contributed by atoms with Crippen LogP contribution >= 0.6 is 0 Å². The number of aromatic nitrogens is 3. The van der Waals surface area contributed by atoms with Crippen LogP contribution in [0.4, 0.5) is 14.5 Å². The van der Waals surface area contributed by atoms with Gasteiger partial charge in [0.1, 0.15) is 0 Å². The highest BCUT2D eigenvalue weighted by Crippen LogP contribution is 2.43. The number of carbonyl (C=O) groups is 1. The summed E-state index contributed by atoms with van der Waals surface area (Å²) in [5.41, 5.74) is 3.89. The molecule has 2 aliphatic rings. The van der Waals surface area contributed by atoms with Crippen LogP contribution < -0.4 is 4.90 Å². The minimum Gasteiger partial charge on any atom is -0.477 e. The van der Waals surface area contributed by atoms with Crippen molar-refractivity contribution in [1.29, 1.82) is 0 Å². The quantitative estimate of drug-likeness (QED) is 0.416. The van der Waals surface area contributed by atoms with Gasteiger partial charge in [-0.1, -0.05) is 18.6 Å². The van der Waals surface area contributed by atoms with Gasteiger partial charge in [-0.25, -0.2) is 23.2 Å². The number of hydrogen-bond acceptors (Lipinski definition) is 5. The summed E-state index contributed by atoms with van der Waals surface area (Å²) in [6.07, 6.45) is 2.99.